The summed E-state index contributed by atoms with van der Waals surface area (Å²) in [6.45, 7) is 1.99. The number of ketones is 2. The summed E-state index contributed by atoms with van der Waals surface area (Å²) in [5.41, 5.74) is 7.95. The van der Waals surface area contributed by atoms with Gasteiger partial charge in [-0.05, 0) is 66.1 Å². The van der Waals surface area contributed by atoms with Crippen LogP contribution in [0.15, 0.2) is 137 Å². The molecule has 3 N–H and O–H groups in total. The fraction of sp³-hybridized carbons (Fsp3) is 0.0750. The number of nitrogens with two attached hydrogens (primary N) is 1. The number of nitrogens with one attached hydrogen (secondary N) is 1. The Morgan fingerprint density at radius 3 is 1.62 bits per heavy atom. The molecule has 2 unspecified atom stereocenters. The molecule has 10 nitrogen and oxygen atoms in total. The van der Waals surface area contributed by atoms with Crippen LogP contribution in [-0.4, -0.2) is 40.2 Å². The molecule has 0 aliphatic heterocycles. The molecule has 2 atom stereocenters. The third-order valence-electron chi connectivity index (χ3n) is 9.24. The summed E-state index contributed by atoms with van der Waals surface area (Å²) < 4.78 is 64.7. The predicted octanol–water partition coefficient (Wildman–Crippen LogP) is 6.34. The van der Waals surface area contributed by atoms with E-state index in [0.717, 1.165) is 16.7 Å². The van der Waals surface area contributed by atoms with E-state index in [9.17, 15) is 26.4 Å². The van der Waals surface area contributed by atoms with Gasteiger partial charge < -0.3 is 14.1 Å². The van der Waals surface area contributed by atoms with Crippen molar-refractivity contribution >= 4 is 49.7 Å². The third-order valence-corrected chi connectivity index (χ3v) is 11.9. The van der Waals surface area contributed by atoms with Gasteiger partial charge in [-0.15, -0.1) is 0 Å². The SMILES string of the molecule is CC(c1ccccc1)(c1ccc(OS(=O)(=O)c2cccc3c2C=CC(=N)C3=O)cc1)c1ccc(OS(=O)(=O)c2cccc3c2C=CC(N)C3=O)cc1. The van der Waals surface area contributed by atoms with E-state index in [2.05, 4.69) is 0 Å². The Morgan fingerprint density at radius 2 is 1.08 bits per heavy atom. The van der Waals surface area contributed by atoms with Crippen LogP contribution in [0.2, 0.25) is 0 Å². The van der Waals surface area contributed by atoms with Crippen molar-refractivity contribution in [3.8, 4) is 11.5 Å². The van der Waals surface area contributed by atoms with E-state index in [1.807, 2.05) is 37.3 Å². The number of hydrogen-bond acceptors (Lipinski definition) is 10. The van der Waals surface area contributed by atoms with Gasteiger partial charge in [0.2, 0.25) is 5.78 Å². The van der Waals surface area contributed by atoms with Crippen LogP contribution < -0.4 is 14.1 Å². The molecule has 0 bridgehead atoms. The predicted molar refractivity (Wildman–Crippen MR) is 196 cm³/mol. The van der Waals surface area contributed by atoms with Gasteiger partial charge in [-0.25, -0.2) is 0 Å². The van der Waals surface area contributed by atoms with Crippen molar-refractivity contribution in [3.63, 3.8) is 0 Å². The fourth-order valence-corrected chi connectivity index (χ4v) is 8.73. The van der Waals surface area contributed by atoms with Crippen LogP contribution in [0.5, 0.6) is 11.5 Å². The smallest absolute Gasteiger partial charge is 0.339 e. The number of benzene rings is 5. The zero-order valence-corrected chi connectivity index (χ0v) is 29.1. The molecule has 5 aromatic rings. The summed E-state index contributed by atoms with van der Waals surface area (Å²) in [5.74, 6) is -0.847. The first kappa shape index (κ1) is 34.5. The lowest BCUT2D eigenvalue weighted by Gasteiger charge is -2.32. The van der Waals surface area contributed by atoms with Crippen molar-refractivity contribution in [1.29, 1.82) is 5.41 Å². The maximum absolute atomic E-state index is 13.4. The van der Waals surface area contributed by atoms with Crippen molar-refractivity contribution < 1.29 is 34.8 Å². The van der Waals surface area contributed by atoms with Gasteiger partial charge in [0.15, 0.2) is 5.78 Å². The molecule has 0 radical (unpaired) electrons. The van der Waals surface area contributed by atoms with E-state index in [4.69, 9.17) is 19.5 Å². The molecular weight excluding hydrogens is 701 g/mol. The van der Waals surface area contributed by atoms with E-state index < -0.39 is 37.5 Å². The van der Waals surface area contributed by atoms with Gasteiger partial charge in [0, 0.05) is 27.7 Å². The summed E-state index contributed by atoms with van der Waals surface area (Å²) in [5, 5.41) is 7.78. The average molecular weight is 731 g/mol. The lowest BCUT2D eigenvalue weighted by molar-refractivity contribution is 0.0975. The van der Waals surface area contributed by atoms with E-state index in [0.29, 0.717) is 0 Å². The second kappa shape index (κ2) is 13.0. The van der Waals surface area contributed by atoms with Crippen LogP contribution in [0.25, 0.3) is 12.2 Å². The maximum Gasteiger partial charge on any atom is 0.339 e. The lowest BCUT2D eigenvalue weighted by Crippen LogP contribution is -2.31. The third kappa shape index (κ3) is 6.06. The van der Waals surface area contributed by atoms with Crippen molar-refractivity contribution in [1.82, 2.24) is 0 Å². The number of carbonyl (C=O) groups is 2. The molecule has 0 saturated heterocycles. The van der Waals surface area contributed by atoms with Crippen LogP contribution in [0.1, 0.15) is 55.5 Å². The number of hydrogen-bond donors (Lipinski definition) is 2. The molecule has 0 fully saturated rings. The molecule has 0 amide bonds. The first-order valence-electron chi connectivity index (χ1n) is 16.0. The highest BCUT2D eigenvalue weighted by molar-refractivity contribution is 7.87. The van der Waals surface area contributed by atoms with Crippen LogP contribution >= 0.6 is 0 Å². The summed E-state index contributed by atoms with van der Waals surface area (Å²) >= 11 is 0. The standard InChI is InChI=1S/C40H30N2O8S2/c1-40(25-7-3-2-4-8-25,26-13-17-28(18-14-26)49-51(45,46)36-11-5-9-32-30(36)21-23-34(41)38(32)43)27-15-19-29(20-16-27)50-52(47,48)37-12-6-10-33-31(37)22-24-35(42)39(33)44/h2-24,34,42H,41H2,1H3. The average Bonchev–Trinajstić information content (AvgIpc) is 3.14. The second-order valence-corrected chi connectivity index (χ2v) is 15.4. The topological polar surface area (TPSA) is 171 Å². The van der Waals surface area contributed by atoms with Gasteiger partial charge in [0.25, 0.3) is 0 Å². The molecule has 0 aromatic heterocycles. The Labute approximate surface area is 300 Å². The Morgan fingerprint density at radius 1 is 0.596 bits per heavy atom. The molecule has 52 heavy (non-hydrogen) atoms. The van der Waals surface area contributed by atoms with Crippen molar-refractivity contribution in [2.45, 2.75) is 28.2 Å². The molecular formula is C40H30N2O8S2. The van der Waals surface area contributed by atoms with Crippen LogP contribution in [0.3, 0.4) is 0 Å². The number of Topliss-reactive ketones (excluding diaryl/α,β-unsaturated/α-hetero) is 2. The number of rotatable bonds is 9. The van der Waals surface area contributed by atoms with Crippen molar-refractivity contribution in [3.05, 3.63) is 166 Å². The summed E-state index contributed by atoms with van der Waals surface area (Å²) in [6.07, 6.45) is 5.64. The highest BCUT2D eigenvalue weighted by Crippen LogP contribution is 2.40. The monoisotopic (exact) mass is 730 g/mol. The minimum absolute atomic E-state index is 0.0474. The Kier molecular flexibility index (Phi) is 8.61. The molecule has 2 aliphatic rings. The Bertz CT molecular complexity index is 2560. The fourth-order valence-electron chi connectivity index (χ4n) is 6.44. The quantitative estimate of drug-likeness (QED) is 0.130. The summed E-state index contributed by atoms with van der Waals surface area (Å²) in [4.78, 5) is 24.7. The minimum Gasteiger partial charge on any atom is -0.379 e. The molecule has 2 aliphatic carbocycles. The lowest BCUT2D eigenvalue weighted by atomic mass is 9.71. The van der Waals surface area contributed by atoms with E-state index in [1.165, 1.54) is 72.8 Å². The first-order chi connectivity index (χ1) is 24.8. The number of allylic oxidation sites excluding steroid dienone is 1. The molecule has 260 valence electrons. The molecule has 7 rings (SSSR count). The highest BCUT2D eigenvalue weighted by atomic mass is 32.2. The first-order valence-corrected chi connectivity index (χ1v) is 18.8. The number of fused-ring (bicyclic) bond motifs is 2. The Balaban J connectivity index is 1.18. The van der Waals surface area contributed by atoms with Gasteiger partial charge in [-0.1, -0.05) is 97.1 Å². The van der Waals surface area contributed by atoms with Crippen molar-refractivity contribution in [2.24, 2.45) is 5.73 Å². The summed E-state index contributed by atoms with van der Waals surface area (Å²) in [6, 6.07) is 30.5. The van der Waals surface area contributed by atoms with E-state index in [1.54, 1.807) is 36.4 Å². The molecule has 5 aromatic carbocycles. The van der Waals surface area contributed by atoms with Gasteiger partial charge in [-0.3, -0.25) is 15.0 Å². The van der Waals surface area contributed by atoms with Crippen LogP contribution in [0, 0.1) is 5.41 Å². The van der Waals surface area contributed by atoms with Gasteiger partial charge >= 0.3 is 20.2 Å². The normalized spacial score (nSPS) is 16.5. The Hall–Kier alpha value is -5.95. The second-order valence-electron chi connectivity index (χ2n) is 12.4. The largest absolute Gasteiger partial charge is 0.379 e. The molecule has 0 heterocycles. The van der Waals surface area contributed by atoms with Gasteiger partial charge in [0.05, 0.1) is 6.04 Å². The molecule has 12 heteroatoms. The molecule has 0 saturated carbocycles. The van der Waals surface area contributed by atoms with Gasteiger partial charge in [0.1, 0.15) is 27.0 Å². The van der Waals surface area contributed by atoms with Crippen LogP contribution in [-0.2, 0) is 25.7 Å². The minimum atomic E-state index is -4.36. The zero-order valence-electron chi connectivity index (χ0n) is 27.5. The number of carbonyl (C=O) groups excluding carboxylic acids is 2. The van der Waals surface area contributed by atoms with E-state index in [-0.39, 0.29) is 55.0 Å². The zero-order chi connectivity index (χ0) is 36.8. The maximum atomic E-state index is 13.4. The summed E-state index contributed by atoms with van der Waals surface area (Å²) in [7, 11) is -8.70. The van der Waals surface area contributed by atoms with Crippen molar-refractivity contribution in [2.75, 3.05) is 0 Å². The van der Waals surface area contributed by atoms with E-state index >= 15 is 0 Å². The molecule has 0 spiro atoms. The highest BCUT2D eigenvalue weighted by Gasteiger charge is 2.33. The van der Waals surface area contributed by atoms with Crippen LogP contribution in [0.4, 0.5) is 0 Å². The van der Waals surface area contributed by atoms with Gasteiger partial charge in [-0.2, -0.15) is 16.8 Å².